The molecular weight excluding hydrogens is 311 g/mol. The van der Waals surface area contributed by atoms with E-state index in [0.717, 1.165) is 11.3 Å². The zero-order valence-electron chi connectivity index (χ0n) is 13.4. The molecule has 0 unspecified atom stereocenters. The highest BCUT2D eigenvalue weighted by Gasteiger charge is 2.11. The van der Waals surface area contributed by atoms with Crippen molar-refractivity contribution in [3.63, 3.8) is 0 Å². The lowest BCUT2D eigenvalue weighted by atomic mass is 10.1. The maximum absolute atomic E-state index is 13.6. The van der Waals surface area contributed by atoms with Crippen molar-refractivity contribution < 1.29 is 18.6 Å². The van der Waals surface area contributed by atoms with E-state index in [0.29, 0.717) is 22.9 Å². The standard InChI is InChI=1S/C18H17FN2O3/c1-22-13-7-8-14(17(9-13)23-2)16-10-18(21-20-16)24-11-12-5-3-4-6-15(12)19/h3-10H,11H2,1-2H3,(H,20,21). The highest BCUT2D eigenvalue weighted by Crippen LogP contribution is 2.33. The Morgan fingerprint density at radius 1 is 1.04 bits per heavy atom. The molecule has 5 nitrogen and oxygen atoms in total. The molecule has 24 heavy (non-hydrogen) atoms. The molecule has 0 fully saturated rings. The normalized spacial score (nSPS) is 10.5. The minimum atomic E-state index is -0.301. The number of rotatable bonds is 6. The fourth-order valence-electron chi connectivity index (χ4n) is 2.30. The molecule has 1 aromatic heterocycles. The number of methoxy groups -OCH3 is 2. The van der Waals surface area contributed by atoms with Crippen LogP contribution in [0.15, 0.2) is 48.5 Å². The fourth-order valence-corrected chi connectivity index (χ4v) is 2.30. The van der Waals surface area contributed by atoms with Gasteiger partial charge in [-0.1, -0.05) is 18.2 Å². The second kappa shape index (κ2) is 7.04. The van der Waals surface area contributed by atoms with E-state index in [4.69, 9.17) is 14.2 Å². The van der Waals surface area contributed by atoms with Gasteiger partial charge in [0.2, 0.25) is 5.88 Å². The SMILES string of the molecule is COc1ccc(-c2cc(OCc3ccccc3F)n[nH]2)c(OC)c1. The molecule has 0 aliphatic rings. The lowest BCUT2D eigenvalue weighted by Crippen LogP contribution is -1.98. The molecule has 1 N–H and O–H groups in total. The number of aromatic amines is 1. The van der Waals surface area contributed by atoms with Crippen molar-refractivity contribution in [2.75, 3.05) is 14.2 Å². The monoisotopic (exact) mass is 328 g/mol. The van der Waals surface area contributed by atoms with Crippen LogP contribution in [-0.2, 0) is 6.61 Å². The largest absolute Gasteiger partial charge is 0.497 e. The molecule has 0 radical (unpaired) electrons. The summed E-state index contributed by atoms with van der Waals surface area (Å²) in [6.45, 7) is 0.108. The minimum absolute atomic E-state index is 0.108. The molecule has 3 rings (SSSR count). The number of hydrogen-bond donors (Lipinski definition) is 1. The predicted octanol–water partition coefficient (Wildman–Crippen LogP) is 3.81. The Kier molecular flexibility index (Phi) is 4.65. The molecule has 0 amide bonds. The summed E-state index contributed by atoms with van der Waals surface area (Å²) in [4.78, 5) is 0. The Morgan fingerprint density at radius 2 is 1.88 bits per heavy atom. The number of ether oxygens (including phenoxy) is 3. The zero-order chi connectivity index (χ0) is 16.9. The predicted molar refractivity (Wildman–Crippen MR) is 87.9 cm³/mol. The van der Waals surface area contributed by atoms with Gasteiger partial charge in [-0.2, -0.15) is 0 Å². The molecule has 0 spiro atoms. The van der Waals surface area contributed by atoms with Crippen LogP contribution in [0.3, 0.4) is 0 Å². The quantitative estimate of drug-likeness (QED) is 0.747. The van der Waals surface area contributed by atoms with Crippen molar-refractivity contribution in [1.82, 2.24) is 10.2 Å². The van der Waals surface area contributed by atoms with Crippen molar-refractivity contribution in [2.24, 2.45) is 0 Å². The molecule has 0 aliphatic carbocycles. The van der Waals surface area contributed by atoms with Crippen molar-refractivity contribution in [2.45, 2.75) is 6.61 Å². The highest BCUT2D eigenvalue weighted by atomic mass is 19.1. The third-order valence-electron chi connectivity index (χ3n) is 3.59. The van der Waals surface area contributed by atoms with Gasteiger partial charge < -0.3 is 14.2 Å². The topological polar surface area (TPSA) is 56.4 Å². The number of hydrogen-bond acceptors (Lipinski definition) is 4. The molecule has 3 aromatic rings. The molecule has 0 aliphatic heterocycles. The van der Waals surface area contributed by atoms with Crippen LogP contribution in [0.25, 0.3) is 11.3 Å². The van der Waals surface area contributed by atoms with Crippen LogP contribution in [0.2, 0.25) is 0 Å². The summed E-state index contributed by atoms with van der Waals surface area (Å²) in [7, 11) is 3.18. The van der Waals surface area contributed by atoms with Gasteiger partial charge in [0.25, 0.3) is 0 Å². The Bertz CT molecular complexity index is 833. The summed E-state index contributed by atoms with van der Waals surface area (Å²) < 4.78 is 29.7. The number of nitrogens with one attached hydrogen (secondary N) is 1. The zero-order valence-corrected chi connectivity index (χ0v) is 13.4. The van der Waals surface area contributed by atoms with Crippen molar-refractivity contribution >= 4 is 0 Å². The summed E-state index contributed by atoms with van der Waals surface area (Å²) in [6, 6.07) is 13.7. The maximum atomic E-state index is 13.6. The first-order valence-corrected chi connectivity index (χ1v) is 7.35. The molecule has 1 heterocycles. The average Bonchev–Trinajstić information content (AvgIpc) is 3.09. The summed E-state index contributed by atoms with van der Waals surface area (Å²) in [5.41, 5.74) is 2.04. The lowest BCUT2D eigenvalue weighted by Gasteiger charge is -2.08. The van der Waals surface area contributed by atoms with Crippen LogP contribution < -0.4 is 14.2 Å². The number of nitrogens with zero attached hydrogens (tertiary/aromatic N) is 1. The number of aromatic nitrogens is 2. The molecular formula is C18H17FN2O3. The van der Waals surface area contributed by atoms with Crippen molar-refractivity contribution in [3.05, 3.63) is 59.9 Å². The second-order valence-electron chi connectivity index (χ2n) is 5.07. The van der Waals surface area contributed by atoms with E-state index in [1.165, 1.54) is 6.07 Å². The van der Waals surface area contributed by atoms with Gasteiger partial charge in [0.15, 0.2) is 0 Å². The number of H-pyrrole nitrogens is 1. The molecule has 0 bridgehead atoms. The Balaban J connectivity index is 1.77. The summed E-state index contributed by atoms with van der Waals surface area (Å²) >= 11 is 0. The fraction of sp³-hybridized carbons (Fsp3) is 0.167. The Hall–Kier alpha value is -3.02. The Morgan fingerprint density at radius 3 is 2.62 bits per heavy atom. The third kappa shape index (κ3) is 3.32. The van der Waals surface area contributed by atoms with Crippen molar-refractivity contribution in [3.8, 4) is 28.6 Å². The Labute approximate surface area is 139 Å². The van der Waals surface area contributed by atoms with Crippen molar-refractivity contribution in [1.29, 1.82) is 0 Å². The van der Waals surface area contributed by atoms with Gasteiger partial charge in [-0.3, -0.25) is 5.10 Å². The van der Waals surface area contributed by atoms with Gasteiger partial charge in [-0.15, -0.1) is 5.10 Å². The number of benzene rings is 2. The van der Waals surface area contributed by atoms with Crippen LogP contribution in [0.4, 0.5) is 4.39 Å². The summed E-state index contributed by atoms with van der Waals surface area (Å²) in [5.74, 6) is 1.43. The van der Waals surface area contributed by atoms with E-state index in [1.54, 1.807) is 44.6 Å². The smallest absolute Gasteiger partial charge is 0.233 e. The number of halogens is 1. The van der Waals surface area contributed by atoms with Crippen LogP contribution in [0.5, 0.6) is 17.4 Å². The van der Waals surface area contributed by atoms with Crippen LogP contribution >= 0.6 is 0 Å². The van der Waals surface area contributed by atoms with Gasteiger partial charge in [0.1, 0.15) is 23.9 Å². The molecule has 6 heteroatoms. The molecule has 2 aromatic carbocycles. The van der Waals surface area contributed by atoms with E-state index >= 15 is 0 Å². The van der Waals surface area contributed by atoms with Crippen LogP contribution in [-0.4, -0.2) is 24.4 Å². The van der Waals surface area contributed by atoms with Gasteiger partial charge >= 0.3 is 0 Å². The third-order valence-corrected chi connectivity index (χ3v) is 3.59. The van der Waals surface area contributed by atoms with E-state index in [2.05, 4.69) is 10.2 Å². The molecule has 0 atom stereocenters. The van der Waals surface area contributed by atoms with Gasteiger partial charge in [-0.05, 0) is 18.2 Å². The summed E-state index contributed by atoms with van der Waals surface area (Å²) in [5, 5.41) is 6.99. The van der Waals surface area contributed by atoms with Gasteiger partial charge in [0, 0.05) is 23.3 Å². The van der Waals surface area contributed by atoms with E-state index in [-0.39, 0.29) is 12.4 Å². The maximum Gasteiger partial charge on any atom is 0.233 e. The highest BCUT2D eigenvalue weighted by molar-refractivity contribution is 5.69. The summed E-state index contributed by atoms with van der Waals surface area (Å²) in [6.07, 6.45) is 0. The van der Waals surface area contributed by atoms with E-state index in [1.807, 2.05) is 12.1 Å². The minimum Gasteiger partial charge on any atom is -0.497 e. The van der Waals surface area contributed by atoms with Gasteiger partial charge in [-0.25, -0.2) is 4.39 Å². The van der Waals surface area contributed by atoms with E-state index < -0.39 is 0 Å². The first-order valence-electron chi connectivity index (χ1n) is 7.35. The van der Waals surface area contributed by atoms with E-state index in [9.17, 15) is 4.39 Å². The van der Waals surface area contributed by atoms with Gasteiger partial charge in [0.05, 0.1) is 19.9 Å². The average molecular weight is 328 g/mol. The van der Waals surface area contributed by atoms with Crippen LogP contribution in [0.1, 0.15) is 5.56 Å². The molecule has 0 saturated heterocycles. The molecule has 124 valence electrons. The second-order valence-corrected chi connectivity index (χ2v) is 5.07. The van der Waals surface area contributed by atoms with Crippen LogP contribution in [0, 0.1) is 5.82 Å². The first-order chi connectivity index (χ1) is 11.7. The lowest BCUT2D eigenvalue weighted by molar-refractivity contribution is 0.287. The molecule has 0 saturated carbocycles. The first kappa shape index (κ1) is 15.9.